The van der Waals surface area contributed by atoms with Crippen molar-refractivity contribution in [1.82, 2.24) is 4.98 Å². The van der Waals surface area contributed by atoms with Gasteiger partial charge in [0.05, 0.1) is 0 Å². The molecule has 2 aromatic carbocycles. The number of hydrogen-bond acceptors (Lipinski definition) is 3. The molecule has 3 nitrogen and oxygen atoms in total. The lowest BCUT2D eigenvalue weighted by Gasteiger charge is -2.10. The Balaban J connectivity index is 1.82. The first kappa shape index (κ1) is 13.2. The van der Waals surface area contributed by atoms with Crippen molar-refractivity contribution >= 4 is 5.82 Å². The summed E-state index contributed by atoms with van der Waals surface area (Å²) in [6, 6.07) is 22.0. The summed E-state index contributed by atoms with van der Waals surface area (Å²) in [5.41, 5.74) is 9.08. The largest absolute Gasteiger partial charge is 0.485 e. The Morgan fingerprint density at radius 3 is 2.24 bits per heavy atom. The minimum Gasteiger partial charge on any atom is -0.485 e. The fourth-order valence-electron chi connectivity index (χ4n) is 2.09. The molecule has 0 bridgehead atoms. The maximum atomic E-state index is 5.90. The maximum Gasteiger partial charge on any atom is 0.166 e. The summed E-state index contributed by atoms with van der Waals surface area (Å²) in [6.45, 7) is 0.477. The van der Waals surface area contributed by atoms with E-state index in [9.17, 15) is 0 Å². The lowest BCUT2D eigenvalue weighted by Crippen LogP contribution is -2.00. The molecule has 0 saturated heterocycles. The van der Waals surface area contributed by atoms with Crippen LogP contribution in [0.1, 0.15) is 5.56 Å². The molecule has 0 amide bonds. The number of rotatable bonds is 4. The number of nitrogen functional groups attached to an aromatic ring is 1. The summed E-state index contributed by atoms with van der Waals surface area (Å²) in [6.07, 6.45) is 1.76. The molecule has 0 aliphatic carbocycles. The number of pyridine rings is 1. The molecule has 1 aromatic heterocycles. The lowest BCUT2D eigenvalue weighted by atomic mass is 10.1. The second-order valence-corrected chi connectivity index (χ2v) is 4.75. The molecule has 0 radical (unpaired) electrons. The van der Waals surface area contributed by atoms with Crippen molar-refractivity contribution in [2.75, 3.05) is 5.73 Å². The smallest absolute Gasteiger partial charge is 0.166 e. The van der Waals surface area contributed by atoms with Crippen molar-refractivity contribution in [3.8, 4) is 16.9 Å². The fourth-order valence-corrected chi connectivity index (χ4v) is 2.09. The number of anilines is 1. The predicted octanol–water partition coefficient (Wildman–Crippen LogP) is 3.91. The Morgan fingerprint density at radius 2 is 1.52 bits per heavy atom. The van der Waals surface area contributed by atoms with E-state index in [2.05, 4.69) is 4.98 Å². The van der Waals surface area contributed by atoms with Gasteiger partial charge in [0.1, 0.15) is 6.61 Å². The number of hydrogen-bond donors (Lipinski definition) is 1. The topological polar surface area (TPSA) is 48.1 Å². The number of ether oxygens (including phenoxy) is 1. The number of benzene rings is 2. The number of nitrogens with two attached hydrogens (primary N) is 1. The van der Waals surface area contributed by atoms with Crippen LogP contribution in [0.5, 0.6) is 5.75 Å². The molecular formula is C18H16N2O. The molecule has 104 valence electrons. The third kappa shape index (κ3) is 3.20. The highest BCUT2D eigenvalue weighted by molar-refractivity contribution is 5.66. The van der Waals surface area contributed by atoms with Crippen molar-refractivity contribution in [1.29, 1.82) is 0 Å². The minimum absolute atomic E-state index is 0.408. The molecule has 3 rings (SSSR count). The third-order valence-electron chi connectivity index (χ3n) is 3.23. The summed E-state index contributed by atoms with van der Waals surface area (Å²) in [4.78, 5) is 4.22. The van der Waals surface area contributed by atoms with Crippen molar-refractivity contribution in [3.63, 3.8) is 0 Å². The van der Waals surface area contributed by atoms with E-state index in [0.29, 0.717) is 18.2 Å². The molecule has 0 spiro atoms. The van der Waals surface area contributed by atoms with Gasteiger partial charge in [-0.15, -0.1) is 0 Å². The van der Waals surface area contributed by atoms with Crippen LogP contribution in [0, 0.1) is 0 Å². The number of nitrogens with zero attached hydrogens (tertiary/aromatic N) is 1. The zero-order valence-corrected chi connectivity index (χ0v) is 11.6. The van der Waals surface area contributed by atoms with Gasteiger partial charge in [-0.2, -0.15) is 0 Å². The SMILES string of the molecule is Nc1ncc(-c2ccccc2)cc1OCc1ccccc1. The first-order valence-corrected chi connectivity index (χ1v) is 6.80. The van der Waals surface area contributed by atoms with Gasteiger partial charge in [-0.3, -0.25) is 0 Å². The van der Waals surface area contributed by atoms with Crippen molar-refractivity contribution < 1.29 is 4.74 Å². The highest BCUT2D eigenvalue weighted by Crippen LogP contribution is 2.27. The highest BCUT2D eigenvalue weighted by atomic mass is 16.5. The Morgan fingerprint density at radius 1 is 0.857 bits per heavy atom. The Labute approximate surface area is 124 Å². The predicted molar refractivity (Wildman–Crippen MR) is 84.9 cm³/mol. The van der Waals surface area contributed by atoms with Crippen LogP contribution in [0.15, 0.2) is 72.9 Å². The molecule has 1 heterocycles. The first-order valence-electron chi connectivity index (χ1n) is 6.80. The van der Waals surface area contributed by atoms with Gasteiger partial charge >= 0.3 is 0 Å². The highest BCUT2D eigenvalue weighted by Gasteiger charge is 2.06. The Kier molecular flexibility index (Phi) is 3.83. The normalized spacial score (nSPS) is 10.3. The molecule has 3 heteroatoms. The molecular weight excluding hydrogens is 260 g/mol. The van der Waals surface area contributed by atoms with Crippen molar-refractivity contribution in [3.05, 3.63) is 78.5 Å². The summed E-state index contributed by atoms with van der Waals surface area (Å²) in [5, 5.41) is 0. The van der Waals surface area contributed by atoms with Crippen LogP contribution in [-0.4, -0.2) is 4.98 Å². The van der Waals surface area contributed by atoms with Crippen LogP contribution < -0.4 is 10.5 Å². The molecule has 21 heavy (non-hydrogen) atoms. The van der Waals surface area contributed by atoms with Gasteiger partial charge in [0.25, 0.3) is 0 Å². The van der Waals surface area contributed by atoms with Gasteiger partial charge in [-0.05, 0) is 17.2 Å². The molecule has 0 aliphatic rings. The van der Waals surface area contributed by atoms with E-state index >= 15 is 0 Å². The van der Waals surface area contributed by atoms with Crippen LogP contribution >= 0.6 is 0 Å². The minimum atomic E-state index is 0.408. The molecule has 0 fully saturated rings. The van der Waals surface area contributed by atoms with E-state index in [1.807, 2.05) is 66.7 Å². The van der Waals surface area contributed by atoms with Crippen LogP contribution in [0.25, 0.3) is 11.1 Å². The summed E-state index contributed by atoms with van der Waals surface area (Å²) < 4.78 is 5.80. The second kappa shape index (κ2) is 6.09. The van der Waals surface area contributed by atoms with Crippen LogP contribution in [-0.2, 0) is 6.61 Å². The molecule has 0 atom stereocenters. The van der Waals surface area contributed by atoms with E-state index < -0.39 is 0 Å². The van der Waals surface area contributed by atoms with Gasteiger partial charge in [0, 0.05) is 11.8 Å². The van der Waals surface area contributed by atoms with Crippen LogP contribution in [0.2, 0.25) is 0 Å². The third-order valence-corrected chi connectivity index (χ3v) is 3.23. The zero-order valence-electron chi connectivity index (χ0n) is 11.6. The van der Waals surface area contributed by atoms with Gasteiger partial charge in [0.15, 0.2) is 11.6 Å². The molecule has 2 N–H and O–H groups in total. The molecule has 3 aromatic rings. The molecule has 0 aliphatic heterocycles. The van der Waals surface area contributed by atoms with Crippen LogP contribution in [0.4, 0.5) is 5.82 Å². The maximum absolute atomic E-state index is 5.90. The molecule has 0 unspecified atom stereocenters. The van der Waals surface area contributed by atoms with Crippen LogP contribution in [0.3, 0.4) is 0 Å². The van der Waals surface area contributed by atoms with Gasteiger partial charge < -0.3 is 10.5 Å². The van der Waals surface area contributed by atoms with E-state index in [0.717, 1.165) is 16.7 Å². The Bertz CT molecular complexity index is 712. The van der Waals surface area contributed by atoms with Gasteiger partial charge in [-0.25, -0.2) is 4.98 Å². The average molecular weight is 276 g/mol. The van der Waals surface area contributed by atoms with Gasteiger partial charge in [-0.1, -0.05) is 60.7 Å². The summed E-state index contributed by atoms with van der Waals surface area (Å²) in [5.74, 6) is 1.02. The lowest BCUT2D eigenvalue weighted by molar-refractivity contribution is 0.307. The Hall–Kier alpha value is -2.81. The van der Waals surface area contributed by atoms with Crippen molar-refractivity contribution in [2.45, 2.75) is 6.61 Å². The fraction of sp³-hybridized carbons (Fsp3) is 0.0556. The van der Waals surface area contributed by atoms with E-state index in [4.69, 9.17) is 10.5 Å². The average Bonchev–Trinajstić information content (AvgIpc) is 2.56. The summed E-state index contributed by atoms with van der Waals surface area (Å²) in [7, 11) is 0. The second-order valence-electron chi connectivity index (χ2n) is 4.75. The summed E-state index contributed by atoms with van der Waals surface area (Å²) >= 11 is 0. The monoisotopic (exact) mass is 276 g/mol. The van der Waals surface area contributed by atoms with Crippen molar-refractivity contribution in [2.24, 2.45) is 0 Å². The van der Waals surface area contributed by atoms with Gasteiger partial charge in [0.2, 0.25) is 0 Å². The molecule has 0 saturated carbocycles. The number of aromatic nitrogens is 1. The zero-order chi connectivity index (χ0) is 14.5. The van der Waals surface area contributed by atoms with E-state index in [1.165, 1.54) is 0 Å². The quantitative estimate of drug-likeness (QED) is 0.786. The van der Waals surface area contributed by atoms with E-state index in [-0.39, 0.29) is 0 Å². The standard InChI is InChI=1S/C18H16N2O/c19-18-17(21-13-14-7-3-1-4-8-14)11-16(12-20-18)15-9-5-2-6-10-15/h1-12H,13H2,(H2,19,20). The first-order chi connectivity index (χ1) is 10.3. The van der Waals surface area contributed by atoms with E-state index in [1.54, 1.807) is 6.20 Å².